The molecule has 0 aromatic carbocycles. The molecular formula is C16H35N. The van der Waals surface area contributed by atoms with Crippen LogP contribution in [0.3, 0.4) is 0 Å². The van der Waals surface area contributed by atoms with Crippen molar-refractivity contribution >= 4 is 0 Å². The predicted octanol–water partition coefficient (Wildman–Crippen LogP) is 5.42. The van der Waals surface area contributed by atoms with Crippen molar-refractivity contribution in [1.29, 1.82) is 0 Å². The van der Waals surface area contributed by atoms with Crippen LogP contribution in [0.5, 0.6) is 0 Å². The largest absolute Gasteiger partial charge is 0.325 e. The Kier molecular flexibility index (Phi) is 11.0. The van der Waals surface area contributed by atoms with E-state index < -0.39 is 0 Å². The number of hydrogen-bond acceptors (Lipinski definition) is 1. The average molecular weight is 241 g/mol. The molecule has 0 bridgehead atoms. The van der Waals surface area contributed by atoms with Crippen molar-refractivity contribution < 1.29 is 0 Å². The molecule has 104 valence electrons. The Morgan fingerprint density at radius 3 is 1.35 bits per heavy atom. The van der Waals surface area contributed by atoms with Gasteiger partial charge in [0.1, 0.15) is 0 Å². The number of unbranched alkanes of at least 4 members (excludes halogenated alkanes) is 8. The molecule has 0 fully saturated rings. The van der Waals surface area contributed by atoms with E-state index in [-0.39, 0.29) is 5.54 Å². The normalized spacial score (nSPS) is 12.0. The van der Waals surface area contributed by atoms with E-state index in [4.69, 9.17) is 5.73 Å². The molecule has 0 spiro atoms. The minimum Gasteiger partial charge on any atom is -0.325 e. The molecule has 0 atom stereocenters. The highest BCUT2D eigenvalue weighted by Gasteiger charge is 2.16. The van der Waals surface area contributed by atoms with E-state index in [2.05, 4.69) is 20.8 Å². The van der Waals surface area contributed by atoms with Crippen molar-refractivity contribution in [1.82, 2.24) is 0 Å². The van der Waals surface area contributed by atoms with Crippen molar-refractivity contribution in [3.05, 3.63) is 0 Å². The zero-order valence-corrected chi connectivity index (χ0v) is 12.6. The van der Waals surface area contributed by atoms with E-state index in [1.54, 1.807) is 0 Å². The van der Waals surface area contributed by atoms with Crippen LogP contribution in [0.2, 0.25) is 0 Å². The molecule has 0 amide bonds. The molecule has 0 aliphatic carbocycles. The van der Waals surface area contributed by atoms with E-state index in [0.717, 1.165) is 0 Å². The topological polar surface area (TPSA) is 26.0 Å². The van der Waals surface area contributed by atoms with E-state index in [9.17, 15) is 0 Å². The average Bonchev–Trinajstić information content (AvgIpc) is 2.28. The predicted molar refractivity (Wildman–Crippen MR) is 79.3 cm³/mol. The molecule has 1 nitrogen and oxygen atoms in total. The summed E-state index contributed by atoms with van der Waals surface area (Å²) in [7, 11) is 0. The maximum Gasteiger partial charge on any atom is 0.0125 e. The third-order valence-electron chi connectivity index (χ3n) is 3.70. The summed E-state index contributed by atoms with van der Waals surface area (Å²) >= 11 is 0. The fraction of sp³-hybridized carbons (Fsp3) is 1.00. The molecule has 0 saturated heterocycles. The standard InChI is InChI=1S/C16H35N/c1-4-6-8-10-12-14-16(3,17)15-13-11-9-7-5-2/h4-15,17H2,1-3H3. The van der Waals surface area contributed by atoms with Gasteiger partial charge in [-0.3, -0.25) is 0 Å². The maximum atomic E-state index is 6.35. The van der Waals surface area contributed by atoms with Crippen LogP contribution in [0.1, 0.15) is 97.8 Å². The van der Waals surface area contributed by atoms with Crippen LogP contribution in [0.4, 0.5) is 0 Å². The Morgan fingerprint density at radius 2 is 1.00 bits per heavy atom. The van der Waals surface area contributed by atoms with Gasteiger partial charge in [0.05, 0.1) is 0 Å². The first kappa shape index (κ1) is 17.0. The lowest BCUT2D eigenvalue weighted by Gasteiger charge is -2.24. The second-order valence-corrected chi connectivity index (χ2v) is 5.98. The van der Waals surface area contributed by atoms with Gasteiger partial charge >= 0.3 is 0 Å². The Balaban J connectivity index is 3.38. The molecule has 0 heterocycles. The third-order valence-corrected chi connectivity index (χ3v) is 3.70. The van der Waals surface area contributed by atoms with Crippen LogP contribution < -0.4 is 5.73 Å². The van der Waals surface area contributed by atoms with Gasteiger partial charge < -0.3 is 5.73 Å². The van der Waals surface area contributed by atoms with E-state index in [0.29, 0.717) is 0 Å². The minimum atomic E-state index is 0.0957. The number of nitrogens with two attached hydrogens (primary N) is 1. The Labute approximate surface area is 110 Å². The highest BCUT2D eigenvalue weighted by Crippen LogP contribution is 2.20. The zero-order valence-electron chi connectivity index (χ0n) is 12.6. The van der Waals surface area contributed by atoms with Gasteiger partial charge in [0.25, 0.3) is 0 Å². The first-order valence-corrected chi connectivity index (χ1v) is 7.91. The summed E-state index contributed by atoms with van der Waals surface area (Å²) in [4.78, 5) is 0. The first-order chi connectivity index (χ1) is 8.12. The fourth-order valence-corrected chi connectivity index (χ4v) is 2.39. The van der Waals surface area contributed by atoms with Gasteiger partial charge in [0.2, 0.25) is 0 Å². The maximum absolute atomic E-state index is 6.35. The van der Waals surface area contributed by atoms with E-state index >= 15 is 0 Å². The summed E-state index contributed by atoms with van der Waals surface area (Å²) in [6.45, 7) is 6.78. The van der Waals surface area contributed by atoms with Gasteiger partial charge in [-0.25, -0.2) is 0 Å². The molecule has 0 radical (unpaired) electrons. The van der Waals surface area contributed by atoms with Crippen LogP contribution in [0, 0.1) is 0 Å². The second-order valence-electron chi connectivity index (χ2n) is 5.98. The van der Waals surface area contributed by atoms with Gasteiger partial charge in [-0.05, 0) is 19.8 Å². The number of hydrogen-bond donors (Lipinski definition) is 1. The fourth-order valence-electron chi connectivity index (χ4n) is 2.39. The van der Waals surface area contributed by atoms with E-state index in [1.807, 2.05) is 0 Å². The van der Waals surface area contributed by atoms with Crippen molar-refractivity contribution in [3.63, 3.8) is 0 Å². The van der Waals surface area contributed by atoms with Gasteiger partial charge in [-0.1, -0.05) is 78.1 Å². The van der Waals surface area contributed by atoms with Crippen LogP contribution in [0.25, 0.3) is 0 Å². The van der Waals surface area contributed by atoms with Gasteiger partial charge in [-0.2, -0.15) is 0 Å². The van der Waals surface area contributed by atoms with Crippen molar-refractivity contribution in [2.24, 2.45) is 5.73 Å². The molecule has 0 rings (SSSR count). The van der Waals surface area contributed by atoms with Crippen LogP contribution in [-0.4, -0.2) is 5.54 Å². The molecule has 0 aromatic rings. The molecule has 0 aliphatic heterocycles. The highest BCUT2D eigenvalue weighted by molar-refractivity contribution is 4.78. The number of rotatable bonds is 12. The van der Waals surface area contributed by atoms with Gasteiger partial charge in [-0.15, -0.1) is 0 Å². The van der Waals surface area contributed by atoms with Crippen molar-refractivity contribution in [2.75, 3.05) is 0 Å². The molecule has 0 aromatic heterocycles. The Bertz CT molecular complexity index is 136. The lowest BCUT2D eigenvalue weighted by Crippen LogP contribution is -2.35. The minimum absolute atomic E-state index is 0.0957. The monoisotopic (exact) mass is 241 g/mol. The van der Waals surface area contributed by atoms with Gasteiger partial charge in [0.15, 0.2) is 0 Å². The molecule has 0 saturated carbocycles. The molecule has 2 N–H and O–H groups in total. The van der Waals surface area contributed by atoms with Crippen LogP contribution in [-0.2, 0) is 0 Å². The van der Waals surface area contributed by atoms with E-state index in [1.165, 1.54) is 77.0 Å². The molecule has 0 aliphatic rings. The molecule has 17 heavy (non-hydrogen) atoms. The van der Waals surface area contributed by atoms with Crippen molar-refractivity contribution in [2.45, 2.75) is 103 Å². The SMILES string of the molecule is CCCCCCCC(C)(N)CCCCCCC. The Morgan fingerprint density at radius 1 is 0.647 bits per heavy atom. The zero-order chi connectivity index (χ0) is 13.0. The lowest BCUT2D eigenvalue weighted by molar-refractivity contribution is 0.364. The summed E-state index contributed by atoms with van der Waals surface area (Å²) in [5.41, 5.74) is 6.44. The summed E-state index contributed by atoms with van der Waals surface area (Å²) in [5, 5.41) is 0. The highest BCUT2D eigenvalue weighted by atomic mass is 14.7. The molecular weight excluding hydrogens is 206 g/mol. The lowest BCUT2D eigenvalue weighted by atomic mass is 9.89. The van der Waals surface area contributed by atoms with Gasteiger partial charge in [0, 0.05) is 5.54 Å². The van der Waals surface area contributed by atoms with Crippen LogP contribution >= 0.6 is 0 Å². The first-order valence-electron chi connectivity index (χ1n) is 7.91. The smallest absolute Gasteiger partial charge is 0.0125 e. The molecule has 1 heteroatoms. The summed E-state index contributed by atoms with van der Waals surface area (Å²) in [6.07, 6.45) is 16.0. The third kappa shape index (κ3) is 12.2. The quantitative estimate of drug-likeness (QED) is 0.453. The summed E-state index contributed by atoms with van der Waals surface area (Å²) < 4.78 is 0. The van der Waals surface area contributed by atoms with Crippen LogP contribution in [0.15, 0.2) is 0 Å². The second kappa shape index (κ2) is 11.1. The Hall–Kier alpha value is -0.0400. The van der Waals surface area contributed by atoms with Crippen molar-refractivity contribution in [3.8, 4) is 0 Å². The molecule has 0 unspecified atom stereocenters. The summed E-state index contributed by atoms with van der Waals surface area (Å²) in [6, 6.07) is 0. The summed E-state index contributed by atoms with van der Waals surface area (Å²) in [5.74, 6) is 0.